The average molecular weight is 263 g/mol. The maximum Gasteiger partial charge on any atom is 0.123 e. The molecule has 1 aliphatic rings. The number of rotatable bonds is 6. The average Bonchev–Trinajstić information content (AvgIpc) is 2.90. The summed E-state index contributed by atoms with van der Waals surface area (Å²) in [6.07, 6.45) is 7.71. The fourth-order valence-electron chi connectivity index (χ4n) is 3.20. The summed E-state index contributed by atoms with van der Waals surface area (Å²) in [7, 11) is 0. The molecule has 0 spiro atoms. The van der Waals surface area contributed by atoms with Crippen molar-refractivity contribution in [1.82, 2.24) is 5.32 Å². The van der Waals surface area contributed by atoms with Gasteiger partial charge in [0.2, 0.25) is 0 Å². The number of halogens is 1. The minimum Gasteiger partial charge on any atom is -0.310 e. The van der Waals surface area contributed by atoms with E-state index in [-0.39, 0.29) is 5.82 Å². The first-order valence-electron chi connectivity index (χ1n) is 7.70. The van der Waals surface area contributed by atoms with Crippen LogP contribution in [0.3, 0.4) is 0 Å². The molecule has 1 atom stereocenters. The first kappa shape index (κ1) is 14.5. The molecule has 1 fully saturated rings. The van der Waals surface area contributed by atoms with Crippen LogP contribution in [0.4, 0.5) is 4.39 Å². The Morgan fingerprint density at radius 1 is 1.32 bits per heavy atom. The van der Waals surface area contributed by atoms with E-state index >= 15 is 0 Å². The quantitative estimate of drug-likeness (QED) is 0.780. The minimum absolute atomic E-state index is 0.115. The number of benzene rings is 1. The number of aryl methyl sites for hydroxylation is 1. The molecule has 19 heavy (non-hydrogen) atoms. The van der Waals surface area contributed by atoms with Crippen LogP contribution in [0.5, 0.6) is 0 Å². The second-order valence-electron chi connectivity index (χ2n) is 5.89. The van der Waals surface area contributed by atoms with Gasteiger partial charge in [0.15, 0.2) is 0 Å². The van der Waals surface area contributed by atoms with Crippen molar-refractivity contribution in [3.63, 3.8) is 0 Å². The highest BCUT2D eigenvalue weighted by molar-refractivity contribution is 5.29. The van der Waals surface area contributed by atoms with E-state index in [4.69, 9.17) is 0 Å². The van der Waals surface area contributed by atoms with Crippen LogP contribution in [0.15, 0.2) is 18.2 Å². The Balaban J connectivity index is 2.12. The SMILES string of the molecule is CCCNC(CC1CCCC1)c1cc(F)ccc1C. The first-order valence-corrected chi connectivity index (χ1v) is 7.70. The number of hydrogen-bond acceptors (Lipinski definition) is 1. The van der Waals surface area contributed by atoms with Crippen molar-refractivity contribution in [2.24, 2.45) is 5.92 Å². The smallest absolute Gasteiger partial charge is 0.123 e. The molecule has 1 unspecified atom stereocenters. The standard InChI is InChI=1S/C17H26FN/c1-3-10-19-17(11-14-6-4-5-7-14)16-12-15(18)9-8-13(16)2/h8-9,12,14,17,19H,3-7,10-11H2,1-2H3. The van der Waals surface area contributed by atoms with Crippen molar-refractivity contribution in [2.75, 3.05) is 6.54 Å². The molecule has 0 aromatic heterocycles. The van der Waals surface area contributed by atoms with E-state index in [1.54, 1.807) is 12.1 Å². The van der Waals surface area contributed by atoms with Crippen LogP contribution in [0.2, 0.25) is 0 Å². The van der Waals surface area contributed by atoms with Gasteiger partial charge in [-0.15, -0.1) is 0 Å². The lowest BCUT2D eigenvalue weighted by molar-refractivity contribution is 0.393. The molecule has 0 aliphatic heterocycles. The Kier molecular flexibility index (Phi) is 5.38. The molecule has 0 bridgehead atoms. The van der Waals surface area contributed by atoms with Gasteiger partial charge in [-0.2, -0.15) is 0 Å². The highest BCUT2D eigenvalue weighted by Gasteiger charge is 2.22. The maximum atomic E-state index is 13.5. The molecule has 1 saturated carbocycles. The third kappa shape index (κ3) is 4.04. The van der Waals surface area contributed by atoms with Gasteiger partial charge in [-0.25, -0.2) is 4.39 Å². The molecule has 106 valence electrons. The van der Waals surface area contributed by atoms with E-state index in [0.717, 1.165) is 30.9 Å². The lowest BCUT2D eigenvalue weighted by Crippen LogP contribution is -2.25. The molecule has 1 N–H and O–H groups in total. The zero-order valence-electron chi connectivity index (χ0n) is 12.2. The largest absolute Gasteiger partial charge is 0.310 e. The molecular formula is C17H26FN. The van der Waals surface area contributed by atoms with Gasteiger partial charge in [0.25, 0.3) is 0 Å². The van der Waals surface area contributed by atoms with Crippen molar-refractivity contribution in [2.45, 2.75) is 58.4 Å². The van der Waals surface area contributed by atoms with Crippen molar-refractivity contribution < 1.29 is 4.39 Å². The Hall–Kier alpha value is -0.890. The normalized spacial score (nSPS) is 17.8. The van der Waals surface area contributed by atoms with Gasteiger partial charge in [-0.3, -0.25) is 0 Å². The van der Waals surface area contributed by atoms with Crippen molar-refractivity contribution in [3.05, 3.63) is 35.1 Å². The predicted octanol–water partition coefficient (Wildman–Crippen LogP) is 4.76. The van der Waals surface area contributed by atoms with Crippen LogP contribution < -0.4 is 5.32 Å². The van der Waals surface area contributed by atoms with Gasteiger partial charge in [0.05, 0.1) is 0 Å². The zero-order chi connectivity index (χ0) is 13.7. The van der Waals surface area contributed by atoms with Crippen molar-refractivity contribution >= 4 is 0 Å². The highest BCUT2D eigenvalue weighted by Crippen LogP contribution is 2.34. The summed E-state index contributed by atoms with van der Waals surface area (Å²) < 4.78 is 13.5. The topological polar surface area (TPSA) is 12.0 Å². The zero-order valence-corrected chi connectivity index (χ0v) is 12.2. The lowest BCUT2D eigenvalue weighted by Gasteiger charge is -2.24. The van der Waals surface area contributed by atoms with E-state index in [2.05, 4.69) is 19.2 Å². The van der Waals surface area contributed by atoms with Gasteiger partial charge >= 0.3 is 0 Å². The summed E-state index contributed by atoms with van der Waals surface area (Å²) in [5.41, 5.74) is 2.35. The van der Waals surface area contributed by atoms with Crippen LogP contribution in [0, 0.1) is 18.7 Å². The third-order valence-electron chi connectivity index (χ3n) is 4.30. The van der Waals surface area contributed by atoms with Gasteiger partial charge < -0.3 is 5.32 Å². The Morgan fingerprint density at radius 2 is 2.05 bits per heavy atom. The fourth-order valence-corrected chi connectivity index (χ4v) is 3.20. The van der Waals surface area contributed by atoms with Gasteiger partial charge in [0, 0.05) is 6.04 Å². The van der Waals surface area contributed by atoms with Crippen molar-refractivity contribution in [3.8, 4) is 0 Å². The predicted molar refractivity (Wildman–Crippen MR) is 78.7 cm³/mol. The van der Waals surface area contributed by atoms with Gasteiger partial charge in [-0.05, 0) is 55.5 Å². The summed E-state index contributed by atoms with van der Waals surface area (Å²) in [5.74, 6) is 0.701. The maximum absolute atomic E-state index is 13.5. The van der Waals surface area contributed by atoms with Crippen LogP contribution >= 0.6 is 0 Å². The van der Waals surface area contributed by atoms with Gasteiger partial charge in [0.1, 0.15) is 5.82 Å². The summed E-state index contributed by atoms with van der Waals surface area (Å²) in [4.78, 5) is 0. The van der Waals surface area contributed by atoms with E-state index in [1.807, 2.05) is 6.07 Å². The monoisotopic (exact) mass is 263 g/mol. The Bertz CT molecular complexity index is 396. The molecule has 2 rings (SSSR count). The Labute approximate surface area is 116 Å². The molecule has 1 aromatic carbocycles. The second kappa shape index (κ2) is 7.04. The molecule has 0 heterocycles. The van der Waals surface area contributed by atoms with Crippen LogP contribution in [-0.2, 0) is 0 Å². The summed E-state index contributed by atoms with van der Waals surface area (Å²) in [6, 6.07) is 5.50. The highest BCUT2D eigenvalue weighted by atomic mass is 19.1. The summed E-state index contributed by atoms with van der Waals surface area (Å²) >= 11 is 0. The second-order valence-corrected chi connectivity index (χ2v) is 5.89. The summed E-state index contributed by atoms with van der Waals surface area (Å²) in [6.45, 7) is 5.27. The molecular weight excluding hydrogens is 237 g/mol. The molecule has 1 aliphatic carbocycles. The van der Waals surface area contributed by atoms with Crippen LogP contribution in [0.25, 0.3) is 0 Å². The van der Waals surface area contributed by atoms with Crippen molar-refractivity contribution in [1.29, 1.82) is 0 Å². The summed E-state index contributed by atoms with van der Waals surface area (Å²) in [5, 5.41) is 3.61. The Morgan fingerprint density at radius 3 is 2.74 bits per heavy atom. The van der Waals surface area contributed by atoms with Crippen LogP contribution in [-0.4, -0.2) is 6.54 Å². The molecule has 0 saturated heterocycles. The van der Waals surface area contributed by atoms with E-state index in [0.29, 0.717) is 6.04 Å². The fraction of sp³-hybridized carbons (Fsp3) is 0.647. The molecule has 1 aromatic rings. The van der Waals surface area contributed by atoms with E-state index in [9.17, 15) is 4.39 Å². The minimum atomic E-state index is -0.115. The van der Waals surface area contributed by atoms with Gasteiger partial charge in [-0.1, -0.05) is 38.7 Å². The first-order chi connectivity index (χ1) is 9.20. The number of hydrogen-bond donors (Lipinski definition) is 1. The van der Waals surface area contributed by atoms with Crippen LogP contribution in [0.1, 0.15) is 62.6 Å². The lowest BCUT2D eigenvalue weighted by atomic mass is 9.91. The van der Waals surface area contributed by atoms with E-state index < -0.39 is 0 Å². The molecule has 0 amide bonds. The third-order valence-corrected chi connectivity index (χ3v) is 4.30. The molecule has 2 heteroatoms. The number of nitrogens with one attached hydrogen (secondary N) is 1. The molecule has 0 radical (unpaired) electrons. The van der Waals surface area contributed by atoms with E-state index in [1.165, 1.54) is 31.2 Å². The molecule has 1 nitrogen and oxygen atoms in total.